The summed E-state index contributed by atoms with van der Waals surface area (Å²) >= 11 is 0. The van der Waals surface area contributed by atoms with E-state index >= 15 is 0 Å². The number of ether oxygens (including phenoxy) is 1. The number of unbranched alkanes of at least 4 members (excludes halogenated alkanes) is 14. The summed E-state index contributed by atoms with van der Waals surface area (Å²) in [7, 11) is 0. The minimum Gasteiger partial charge on any atom is -0.460 e. The maximum Gasteiger partial charge on any atom is 0.302 e. The lowest BCUT2D eigenvalue weighted by molar-refractivity contribution is -0.152. The second kappa shape index (κ2) is 18.2. The molecule has 0 fully saturated rings. The molecule has 0 bridgehead atoms. The Morgan fingerprint density at radius 3 is 1.44 bits per heavy atom. The van der Waals surface area contributed by atoms with Gasteiger partial charge in [-0.3, -0.25) is 4.79 Å². The van der Waals surface area contributed by atoms with Crippen LogP contribution in [0, 0.1) is 0 Å². The topological polar surface area (TPSA) is 46.5 Å². The summed E-state index contributed by atoms with van der Waals surface area (Å²) in [5.74, 6) is -0.299. The van der Waals surface area contributed by atoms with Crippen LogP contribution in [-0.2, 0) is 9.53 Å². The van der Waals surface area contributed by atoms with Crippen LogP contribution in [0.25, 0.3) is 0 Å². The zero-order valence-electron chi connectivity index (χ0n) is 17.2. The first-order valence-electron chi connectivity index (χ1n) is 10.9. The van der Waals surface area contributed by atoms with Crippen molar-refractivity contribution in [2.45, 2.75) is 136 Å². The molecule has 0 aliphatic heterocycles. The number of rotatable bonds is 18. The molecule has 0 aliphatic carbocycles. The Bertz CT molecular complexity index is 289. The number of carbonyl (C=O) groups excluding carboxylic acids is 1. The van der Waals surface area contributed by atoms with E-state index in [2.05, 4.69) is 6.92 Å². The van der Waals surface area contributed by atoms with Crippen molar-refractivity contribution in [3.05, 3.63) is 0 Å². The number of hydrogen-bond acceptors (Lipinski definition) is 3. The Kier molecular flexibility index (Phi) is 17.8. The van der Waals surface area contributed by atoms with Gasteiger partial charge in [0.15, 0.2) is 0 Å². The third kappa shape index (κ3) is 18.0. The molecule has 0 aromatic carbocycles. The number of aliphatic hydroxyl groups is 1. The molecule has 0 spiro atoms. The molecule has 3 heteroatoms. The summed E-state index contributed by atoms with van der Waals surface area (Å²) in [6.45, 7) is 5.37. The predicted octanol–water partition coefficient (Wildman–Crippen LogP) is 6.56. The van der Waals surface area contributed by atoms with E-state index in [1.54, 1.807) is 6.92 Å². The van der Waals surface area contributed by atoms with Gasteiger partial charge in [0.2, 0.25) is 0 Å². The van der Waals surface area contributed by atoms with Crippen molar-refractivity contribution in [1.29, 1.82) is 0 Å². The molecule has 3 nitrogen and oxygen atoms in total. The van der Waals surface area contributed by atoms with Crippen LogP contribution in [0.1, 0.15) is 124 Å². The average molecular weight is 357 g/mol. The van der Waals surface area contributed by atoms with Crippen molar-refractivity contribution in [2.75, 3.05) is 0 Å². The lowest BCUT2D eigenvalue weighted by Gasteiger charge is -2.19. The van der Waals surface area contributed by atoms with Crippen LogP contribution < -0.4 is 0 Å². The van der Waals surface area contributed by atoms with E-state index in [1.165, 1.54) is 96.8 Å². The summed E-state index contributed by atoms with van der Waals surface area (Å²) in [6.07, 6.45) is 20.0. The Morgan fingerprint density at radius 1 is 0.760 bits per heavy atom. The van der Waals surface area contributed by atoms with E-state index in [1.807, 2.05) is 0 Å². The largest absolute Gasteiger partial charge is 0.460 e. The molecule has 0 radical (unpaired) electrons. The molecule has 1 N–H and O–H groups in total. The molecule has 0 aromatic rings. The fourth-order valence-corrected chi connectivity index (χ4v) is 3.33. The van der Waals surface area contributed by atoms with Crippen molar-refractivity contribution in [3.63, 3.8) is 0 Å². The fraction of sp³-hybridized carbons (Fsp3) is 0.955. The first-order chi connectivity index (χ1) is 12.1. The minimum atomic E-state index is -0.574. The monoisotopic (exact) mass is 356 g/mol. The molecule has 0 rings (SSSR count). The van der Waals surface area contributed by atoms with Crippen LogP contribution in [0.5, 0.6) is 0 Å². The molecule has 0 amide bonds. The molecule has 0 saturated carbocycles. The van der Waals surface area contributed by atoms with Gasteiger partial charge in [-0.25, -0.2) is 0 Å². The van der Waals surface area contributed by atoms with E-state index in [4.69, 9.17) is 4.74 Å². The summed E-state index contributed by atoms with van der Waals surface area (Å²) in [5.41, 5.74) is 0. The van der Waals surface area contributed by atoms with E-state index in [9.17, 15) is 9.90 Å². The van der Waals surface area contributed by atoms with Crippen LogP contribution in [0.4, 0.5) is 0 Å². The molecule has 0 heterocycles. The lowest BCUT2D eigenvalue weighted by Crippen LogP contribution is -2.28. The number of aliphatic hydroxyl groups excluding tert-OH is 1. The summed E-state index contributed by atoms with van der Waals surface area (Å²) in [6, 6.07) is 0. The van der Waals surface area contributed by atoms with Crippen LogP contribution in [0.3, 0.4) is 0 Å². The third-order valence-electron chi connectivity index (χ3n) is 4.95. The molecule has 0 aliphatic rings. The number of carbonyl (C=O) groups is 1. The van der Waals surface area contributed by atoms with Crippen LogP contribution in [-0.4, -0.2) is 23.3 Å². The predicted molar refractivity (Wildman–Crippen MR) is 107 cm³/mol. The molecule has 0 saturated heterocycles. The van der Waals surface area contributed by atoms with Crippen molar-refractivity contribution >= 4 is 5.97 Å². The van der Waals surface area contributed by atoms with E-state index in [-0.39, 0.29) is 12.1 Å². The van der Waals surface area contributed by atoms with Crippen molar-refractivity contribution < 1.29 is 14.6 Å². The van der Waals surface area contributed by atoms with Crippen LogP contribution >= 0.6 is 0 Å². The summed E-state index contributed by atoms with van der Waals surface area (Å²) < 4.78 is 5.14. The van der Waals surface area contributed by atoms with E-state index < -0.39 is 6.10 Å². The van der Waals surface area contributed by atoms with Gasteiger partial charge in [-0.2, -0.15) is 0 Å². The highest BCUT2D eigenvalue weighted by Crippen LogP contribution is 2.15. The second-order valence-corrected chi connectivity index (χ2v) is 7.63. The van der Waals surface area contributed by atoms with Gasteiger partial charge < -0.3 is 9.84 Å². The fourth-order valence-electron chi connectivity index (χ4n) is 3.33. The SMILES string of the molecule is CCCCCCCCCCCCCCCCCC(OC(C)=O)C(C)O. The molecular formula is C22H44O3. The van der Waals surface area contributed by atoms with Gasteiger partial charge in [0.1, 0.15) is 6.10 Å². The van der Waals surface area contributed by atoms with Gasteiger partial charge >= 0.3 is 5.97 Å². The molecule has 2 unspecified atom stereocenters. The highest BCUT2D eigenvalue weighted by atomic mass is 16.6. The summed E-state index contributed by atoms with van der Waals surface area (Å²) in [4.78, 5) is 11.0. The van der Waals surface area contributed by atoms with Gasteiger partial charge in [-0.15, -0.1) is 0 Å². The number of hydrogen-bond donors (Lipinski definition) is 1. The smallest absolute Gasteiger partial charge is 0.302 e. The number of esters is 1. The van der Waals surface area contributed by atoms with Crippen molar-refractivity contribution in [1.82, 2.24) is 0 Å². The third-order valence-corrected chi connectivity index (χ3v) is 4.95. The summed E-state index contributed by atoms with van der Waals surface area (Å²) in [5, 5.41) is 9.60. The van der Waals surface area contributed by atoms with Gasteiger partial charge in [0.25, 0.3) is 0 Å². The Labute approximate surface area is 156 Å². The molecular weight excluding hydrogens is 312 g/mol. The van der Waals surface area contributed by atoms with Gasteiger partial charge in [0, 0.05) is 6.92 Å². The Hall–Kier alpha value is -0.570. The quantitative estimate of drug-likeness (QED) is 0.223. The normalized spacial score (nSPS) is 13.6. The Morgan fingerprint density at radius 2 is 1.12 bits per heavy atom. The van der Waals surface area contributed by atoms with Gasteiger partial charge in [-0.1, -0.05) is 96.8 Å². The highest BCUT2D eigenvalue weighted by molar-refractivity contribution is 5.66. The van der Waals surface area contributed by atoms with E-state index in [0.717, 1.165) is 12.8 Å². The lowest BCUT2D eigenvalue weighted by atomic mass is 10.0. The molecule has 0 aromatic heterocycles. The first-order valence-corrected chi connectivity index (χ1v) is 10.9. The Balaban J connectivity index is 3.26. The standard InChI is InChI=1S/C22H44O3/c1-4-5-6-7-8-9-10-11-12-13-14-15-16-17-18-19-22(20(2)23)25-21(3)24/h20,22-23H,4-19H2,1-3H3. The molecule has 2 atom stereocenters. The minimum absolute atomic E-state index is 0.299. The van der Waals surface area contributed by atoms with Gasteiger partial charge in [-0.05, 0) is 19.8 Å². The van der Waals surface area contributed by atoms with E-state index in [0.29, 0.717) is 0 Å². The van der Waals surface area contributed by atoms with Crippen molar-refractivity contribution in [2.24, 2.45) is 0 Å². The van der Waals surface area contributed by atoms with Crippen LogP contribution in [0.2, 0.25) is 0 Å². The van der Waals surface area contributed by atoms with Crippen molar-refractivity contribution in [3.8, 4) is 0 Å². The molecule has 25 heavy (non-hydrogen) atoms. The second-order valence-electron chi connectivity index (χ2n) is 7.63. The zero-order valence-corrected chi connectivity index (χ0v) is 17.2. The molecule has 150 valence electrons. The van der Waals surface area contributed by atoms with Gasteiger partial charge in [0.05, 0.1) is 6.10 Å². The first kappa shape index (κ1) is 24.4. The zero-order chi connectivity index (χ0) is 18.8. The average Bonchev–Trinajstić information content (AvgIpc) is 2.56. The van der Waals surface area contributed by atoms with Crippen LogP contribution in [0.15, 0.2) is 0 Å². The maximum absolute atomic E-state index is 11.0. The maximum atomic E-state index is 11.0. The highest BCUT2D eigenvalue weighted by Gasteiger charge is 2.17.